The largest absolute Gasteiger partial charge is 0.399 e. The summed E-state index contributed by atoms with van der Waals surface area (Å²) in [6.07, 6.45) is 1.76. The van der Waals surface area contributed by atoms with Crippen molar-refractivity contribution < 1.29 is 4.79 Å². The molecule has 0 bridgehead atoms. The Kier molecular flexibility index (Phi) is 3.79. The van der Waals surface area contributed by atoms with Crippen molar-refractivity contribution in [2.45, 2.75) is 20.8 Å². The third kappa shape index (κ3) is 3.60. The van der Waals surface area contributed by atoms with Crippen LogP contribution in [-0.2, 0) is 0 Å². The Morgan fingerprint density at radius 2 is 1.90 bits per heavy atom. The van der Waals surface area contributed by atoms with Crippen molar-refractivity contribution in [1.82, 2.24) is 15.1 Å². The number of hydrogen-bond acceptors (Lipinski definition) is 3. The number of carbonyl (C=O) groups excluding carboxylic acids is 1. The standard InChI is InChI=1S/C15H20N4O/c1-15(2,3)10-17-14(20)13-8-9-19(18-13)12-6-4-11(16)5-7-12/h4-9H,10,16H2,1-3H3,(H,17,20). The van der Waals surface area contributed by atoms with E-state index in [9.17, 15) is 4.79 Å². The van der Waals surface area contributed by atoms with E-state index >= 15 is 0 Å². The van der Waals surface area contributed by atoms with Gasteiger partial charge >= 0.3 is 0 Å². The molecule has 0 aliphatic carbocycles. The second-order valence-electron chi connectivity index (χ2n) is 5.98. The fraction of sp³-hybridized carbons (Fsp3) is 0.333. The summed E-state index contributed by atoms with van der Waals surface area (Å²) >= 11 is 0. The number of hydrogen-bond donors (Lipinski definition) is 2. The van der Waals surface area contributed by atoms with Crippen LogP contribution in [0.15, 0.2) is 36.5 Å². The summed E-state index contributed by atoms with van der Waals surface area (Å²) in [6, 6.07) is 9.03. The number of amides is 1. The van der Waals surface area contributed by atoms with Crippen LogP contribution in [0.2, 0.25) is 0 Å². The minimum absolute atomic E-state index is 0.0508. The predicted octanol–water partition coefficient (Wildman–Crippen LogP) is 2.23. The van der Waals surface area contributed by atoms with Gasteiger partial charge in [0.1, 0.15) is 0 Å². The molecule has 0 aliphatic rings. The highest BCUT2D eigenvalue weighted by molar-refractivity contribution is 5.92. The minimum atomic E-state index is -0.158. The lowest BCUT2D eigenvalue weighted by Gasteiger charge is -2.18. The molecular weight excluding hydrogens is 252 g/mol. The molecule has 1 aromatic carbocycles. The molecule has 0 atom stereocenters. The Morgan fingerprint density at radius 1 is 1.25 bits per heavy atom. The average molecular weight is 272 g/mol. The van der Waals surface area contributed by atoms with E-state index in [1.807, 2.05) is 12.1 Å². The van der Waals surface area contributed by atoms with Gasteiger partial charge in [0.05, 0.1) is 5.69 Å². The number of benzene rings is 1. The molecular formula is C15H20N4O. The quantitative estimate of drug-likeness (QED) is 0.841. The van der Waals surface area contributed by atoms with Crippen molar-refractivity contribution in [1.29, 1.82) is 0 Å². The maximum absolute atomic E-state index is 12.0. The van der Waals surface area contributed by atoms with Crippen molar-refractivity contribution in [3.8, 4) is 5.69 Å². The first-order valence-electron chi connectivity index (χ1n) is 6.55. The smallest absolute Gasteiger partial charge is 0.271 e. The third-order valence-electron chi connectivity index (χ3n) is 2.76. The number of aromatic nitrogens is 2. The minimum Gasteiger partial charge on any atom is -0.399 e. The van der Waals surface area contributed by atoms with Gasteiger partial charge in [-0.1, -0.05) is 20.8 Å². The van der Waals surface area contributed by atoms with Gasteiger partial charge in [0.25, 0.3) is 5.91 Å². The Labute approximate surface area is 118 Å². The van der Waals surface area contributed by atoms with E-state index in [1.165, 1.54) is 0 Å². The van der Waals surface area contributed by atoms with Gasteiger partial charge in [-0.2, -0.15) is 5.10 Å². The first-order valence-corrected chi connectivity index (χ1v) is 6.55. The summed E-state index contributed by atoms with van der Waals surface area (Å²) in [5.74, 6) is -0.158. The molecule has 1 heterocycles. The molecule has 106 valence electrons. The monoisotopic (exact) mass is 272 g/mol. The first kappa shape index (κ1) is 14.1. The lowest BCUT2D eigenvalue weighted by molar-refractivity contribution is 0.0934. The molecule has 1 aromatic heterocycles. The van der Waals surface area contributed by atoms with Crippen LogP contribution in [0.5, 0.6) is 0 Å². The highest BCUT2D eigenvalue weighted by atomic mass is 16.1. The van der Waals surface area contributed by atoms with Crippen molar-refractivity contribution >= 4 is 11.6 Å². The molecule has 0 saturated heterocycles. The number of rotatable bonds is 3. The number of nitrogens with zero attached hydrogens (tertiary/aromatic N) is 2. The molecule has 0 saturated carbocycles. The van der Waals surface area contributed by atoms with Crippen LogP contribution in [-0.4, -0.2) is 22.2 Å². The summed E-state index contributed by atoms with van der Waals surface area (Å²) in [5.41, 5.74) is 7.67. The van der Waals surface area contributed by atoms with Gasteiger partial charge in [-0.05, 0) is 35.7 Å². The van der Waals surface area contributed by atoms with Crippen molar-refractivity contribution in [2.24, 2.45) is 5.41 Å². The lowest BCUT2D eigenvalue weighted by atomic mass is 9.97. The number of nitrogens with one attached hydrogen (secondary N) is 1. The van der Waals surface area contributed by atoms with Crippen LogP contribution in [0, 0.1) is 5.41 Å². The van der Waals surface area contributed by atoms with E-state index < -0.39 is 0 Å². The Balaban J connectivity index is 2.09. The van der Waals surface area contributed by atoms with Gasteiger partial charge in [-0.15, -0.1) is 0 Å². The van der Waals surface area contributed by atoms with E-state index in [4.69, 9.17) is 5.73 Å². The van der Waals surface area contributed by atoms with E-state index in [-0.39, 0.29) is 11.3 Å². The van der Waals surface area contributed by atoms with Gasteiger partial charge in [0.15, 0.2) is 5.69 Å². The molecule has 0 fully saturated rings. The molecule has 2 aromatic rings. The molecule has 0 unspecified atom stereocenters. The Morgan fingerprint density at radius 3 is 2.50 bits per heavy atom. The molecule has 3 N–H and O–H groups in total. The molecule has 1 amide bonds. The Bertz CT molecular complexity index is 593. The normalized spacial score (nSPS) is 11.3. The van der Waals surface area contributed by atoms with Gasteiger partial charge < -0.3 is 11.1 Å². The number of nitrogens with two attached hydrogens (primary N) is 1. The predicted molar refractivity (Wildman–Crippen MR) is 79.8 cm³/mol. The Hall–Kier alpha value is -2.30. The maximum atomic E-state index is 12.0. The highest BCUT2D eigenvalue weighted by Crippen LogP contribution is 2.12. The summed E-state index contributed by atoms with van der Waals surface area (Å²) in [6.45, 7) is 6.82. The SMILES string of the molecule is CC(C)(C)CNC(=O)c1ccn(-c2ccc(N)cc2)n1. The number of anilines is 1. The zero-order valence-corrected chi connectivity index (χ0v) is 12.1. The van der Waals surface area contributed by atoms with Crippen molar-refractivity contribution in [3.63, 3.8) is 0 Å². The van der Waals surface area contributed by atoms with E-state index in [2.05, 4.69) is 31.2 Å². The fourth-order valence-corrected chi connectivity index (χ4v) is 1.65. The molecule has 0 radical (unpaired) electrons. The van der Waals surface area contributed by atoms with Gasteiger partial charge in [-0.3, -0.25) is 4.79 Å². The van der Waals surface area contributed by atoms with Gasteiger partial charge in [-0.25, -0.2) is 4.68 Å². The second-order valence-corrected chi connectivity index (χ2v) is 5.98. The van der Waals surface area contributed by atoms with E-state index in [0.717, 1.165) is 5.69 Å². The molecule has 5 heteroatoms. The highest BCUT2D eigenvalue weighted by Gasteiger charge is 2.15. The summed E-state index contributed by atoms with van der Waals surface area (Å²) < 4.78 is 1.66. The van der Waals surface area contributed by atoms with Crippen LogP contribution < -0.4 is 11.1 Å². The van der Waals surface area contributed by atoms with Crippen molar-refractivity contribution in [3.05, 3.63) is 42.2 Å². The topological polar surface area (TPSA) is 72.9 Å². The van der Waals surface area contributed by atoms with Crippen LogP contribution in [0.4, 0.5) is 5.69 Å². The van der Waals surface area contributed by atoms with E-state index in [0.29, 0.717) is 17.9 Å². The molecule has 20 heavy (non-hydrogen) atoms. The van der Waals surface area contributed by atoms with E-state index in [1.54, 1.807) is 29.1 Å². The summed E-state index contributed by atoms with van der Waals surface area (Å²) in [7, 11) is 0. The summed E-state index contributed by atoms with van der Waals surface area (Å²) in [4.78, 5) is 12.0. The number of nitrogen functional groups attached to an aromatic ring is 1. The van der Waals surface area contributed by atoms with Gasteiger partial charge in [0, 0.05) is 18.4 Å². The van der Waals surface area contributed by atoms with Crippen LogP contribution >= 0.6 is 0 Å². The first-order chi connectivity index (χ1) is 9.35. The zero-order valence-electron chi connectivity index (χ0n) is 12.1. The average Bonchev–Trinajstić information content (AvgIpc) is 2.85. The zero-order chi connectivity index (χ0) is 14.8. The fourth-order valence-electron chi connectivity index (χ4n) is 1.65. The molecule has 0 spiro atoms. The number of carbonyl (C=O) groups is 1. The van der Waals surface area contributed by atoms with Crippen LogP contribution in [0.25, 0.3) is 5.69 Å². The van der Waals surface area contributed by atoms with Crippen LogP contribution in [0.1, 0.15) is 31.3 Å². The summed E-state index contributed by atoms with van der Waals surface area (Å²) in [5, 5.41) is 7.15. The lowest BCUT2D eigenvalue weighted by Crippen LogP contribution is -2.32. The molecule has 5 nitrogen and oxygen atoms in total. The van der Waals surface area contributed by atoms with Gasteiger partial charge in [0.2, 0.25) is 0 Å². The van der Waals surface area contributed by atoms with Crippen LogP contribution in [0.3, 0.4) is 0 Å². The van der Waals surface area contributed by atoms with Crippen molar-refractivity contribution in [2.75, 3.05) is 12.3 Å². The maximum Gasteiger partial charge on any atom is 0.271 e. The third-order valence-corrected chi connectivity index (χ3v) is 2.76. The second kappa shape index (κ2) is 5.36. The molecule has 2 rings (SSSR count). The molecule has 0 aliphatic heterocycles.